The molecule has 0 unspecified atom stereocenters. The Kier molecular flexibility index (Phi) is 3.93. The van der Waals surface area contributed by atoms with E-state index < -0.39 is 21.8 Å². The number of benzene rings is 2. The normalized spacial score (nSPS) is 16.1. The van der Waals surface area contributed by atoms with E-state index in [0.29, 0.717) is 12.5 Å². The van der Waals surface area contributed by atoms with Gasteiger partial charge in [0.1, 0.15) is 0 Å². The third-order valence-electron chi connectivity index (χ3n) is 3.89. The fourth-order valence-electron chi connectivity index (χ4n) is 2.66. The van der Waals surface area contributed by atoms with Crippen LogP contribution in [0.4, 0.5) is 13.2 Å². The van der Waals surface area contributed by atoms with Gasteiger partial charge in [-0.1, -0.05) is 30.3 Å². The van der Waals surface area contributed by atoms with E-state index in [1.807, 2.05) is 24.3 Å². The first-order valence-electron chi connectivity index (χ1n) is 7.03. The number of hydrogen-bond donors (Lipinski definition) is 0. The summed E-state index contributed by atoms with van der Waals surface area (Å²) in [5, 5.41) is 0. The Balaban J connectivity index is 1.94. The van der Waals surface area contributed by atoms with Gasteiger partial charge in [-0.2, -0.15) is 17.5 Å². The van der Waals surface area contributed by atoms with Crippen molar-refractivity contribution < 1.29 is 21.6 Å². The van der Waals surface area contributed by atoms with Gasteiger partial charge in [-0.15, -0.1) is 0 Å². The van der Waals surface area contributed by atoms with Crippen LogP contribution in [0.25, 0.3) is 0 Å². The smallest absolute Gasteiger partial charge is 0.207 e. The van der Waals surface area contributed by atoms with Crippen LogP contribution in [0, 0.1) is 0 Å². The van der Waals surface area contributed by atoms with Crippen LogP contribution in [-0.2, 0) is 29.2 Å². The van der Waals surface area contributed by atoms with Crippen LogP contribution in [0.2, 0.25) is 0 Å². The maximum Gasteiger partial charge on any atom is 0.416 e. The van der Waals surface area contributed by atoms with E-state index in [9.17, 15) is 21.6 Å². The maximum atomic E-state index is 12.8. The lowest BCUT2D eigenvalue weighted by atomic mass is 10.0. The average molecular weight is 341 g/mol. The number of halogens is 3. The van der Waals surface area contributed by atoms with Gasteiger partial charge in [-0.05, 0) is 35.7 Å². The lowest BCUT2D eigenvalue weighted by Crippen LogP contribution is -2.36. The van der Waals surface area contributed by atoms with Crippen molar-refractivity contribution in [2.45, 2.75) is 24.0 Å². The average Bonchev–Trinajstić information content (AvgIpc) is 2.53. The summed E-state index contributed by atoms with van der Waals surface area (Å²) in [6, 6.07) is 11.3. The minimum absolute atomic E-state index is 0.175. The Morgan fingerprint density at radius 2 is 1.65 bits per heavy atom. The van der Waals surface area contributed by atoms with Crippen molar-refractivity contribution in [1.29, 1.82) is 0 Å². The fourth-order valence-corrected chi connectivity index (χ4v) is 4.12. The van der Waals surface area contributed by atoms with Crippen molar-refractivity contribution >= 4 is 10.0 Å². The fraction of sp³-hybridized carbons (Fsp3) is 0.250. The summed E-state index contributed by atoms with van der Waals surface area (Å²) in [6.45, 7) is 0.435. The van der Waals surface area contributed by atoms with E-state index >= 15 is 0 Å². The molecule has 23 heavy (non-hydrogen) atoms. The molecule has 2 aromatic rings. The summed E-state index contributed by atoms with van der Waals surface area (Å²) in [5.41, 5.74) is 0.994. The van der Waals surface area contributed by atoms with E-state index in [0.717, 1.165) is 23.3 Å². The number of alkyl halides is 3. The Bertz CT molecular complexity index is 831. The molecule has 1 aliphatic heterocycles. The van der Waals surface area contributed by atoms with E-state index in [-0.39, 0.29) is 18.0 Å². The maximum absolute atomic E-state index is 12.8. The minimum atomic E-state index is -4.57. The predicted molar refractivity (Wildman–Crippen MR) is 79.2 cm³/mol. The van der Waals surface area contributed by atoms with Crippen molar-refractivity contribution in [3.05, 3.63) is 65.2 Å². The van der Waals surface area contributed by atoms with E-state index in [1.54, 1.807) is 0 Å². The van der Waals surface area contributed by atoms with Gasteiger partial charge in [0.15, 0.2) is 0 Å². The van der Waals surface area contributed by atoms with Gasteiger partial charge < -0.3 is 0 Å². The standard InChI is InChI=1S/C16H14F3NO2S/c17-16(18,19)14-6-3-7-15(10-14)23(21,22)20-9-8-12-4-1-2-5-13(12)11-20/h1-7,10H,8-9,11H2. The predicted octanol–water partition coefficient (Wildman–Crippen LogP) is 3.45. The Hall–Kier alpha value is -1.86. The molecule has 1 heterocycles. The highest BCUT2D eigenvalue weighted by atomic mass is 32.2. The lowest BCUT2D eigenvalue weighted by molar-refractivity contribution is -0.137. The summed E-state index contributed by atoms with van der Waals surface area (Å²) in [4.78, 5) is -0.327. The molecule has 1 aliphatic rings. The molecule has 2 aromatic carbocycles. The zero-order valence-electron chi connectivity index (χ0n) is 12.0. The number of hydrogen-bond acceptors (Lipinski definition) is 2. The number of nitrogens with zero attached hydrogens (tertiary/aromatic N) is 1. The summed E-state index contributed by atoms with van der Waals surface area (Å²) in [7, 11) is -3.95. The molecule has 0 N–H and O–H groups in total. The largest absolute Gasteiger partial charge is 0.416 e. The monoisotopic (exact) mass is 341 g/mol. The first kappa shape index (κ1) is 16.0. The van der Waals surface area contributed by atoms with Crippen LogP contribution < -0.4 is 0 Å². The van der Waals surface area contributed by atoms with E-state index in [1.165, 1.54) is 10.4 Å². The van der Waals surface area contributed by atoms with Gasteiger partial charge in [0.2, 0.25) is 10.0 Å². The summed E-state index contributed by atoms with van der Waals surface area (Å²) in [6.07, 6.45) is -4.02. The van der Waals surface area contributed by atoms with Crippen molar-refractivity contribution in [3.63, 3.8) is 0 Å². The second-order valence-corrected chi connectivity index (χ2v) is 7.32. The molecule has 0 saturated heterocycles. The van der Waals surface area contributed by atoms with Crippen LogP contribution in [0.5, 0.6) is 0 Å². The van der Waals surface area contributed by atoms with Gasteiger partial charge in [0, 0.05) is 13.1 Å². The van der Waals surface area contributed by atoms with Gasteiger partial charge in [0.05, 0.1) is 10.5 Å². The Morgan fingerprint density at radius 3 is 2.35 bits per heavy atom. The van der Waals surface area contributed by atoms with Gasteiger partial charge in [-0.25, -0.2) is 8.42 Å². The molecule has 0 amide bonds. The van der Waals surface area contributed by atoms with Crippen molar-refractivity contribution in [1.82, 2.24) is 4.31 Å². The molecule has 0 spiro atoms. The molecule has 122 valence electrons. The lowest BCUT2D eigenvalue weighted by Gasteiger charge is -2.28. The topological polar surface area (TPSA) is 37.4 Å². The Labute approximate surface area is 132 Å². The van der Waals surface area contributed by atoms with Gasteiger partial charge in [0.25, 0.3) is 0 Å². The molecule has 0 bridgehead atoms. The van der Waals surface area contributed by atoms with Crippen LogP contribution >= 0.6 is 0 Å². The van der Waals surface area contributed by atoms with Gasteiger partial charge >= 0.3 is 6.18 Å². The summed E-state index contributed by atoms with van der Waals surface area (Å²) in [5.74, 6) is 0. The number of fused-ring (bicyclic) bond motifs is 1. The van der Waals surface area contributed by atoms with Gasteiger partial charge in [-0.3, -0.25) is 0 Å². The SMILES string of the molecule is O=S(=O)(c1cccc(C(F)(F)F)c1)N1CCc2ccccc2C1. The molecule has 3 rings (SSSR count). The second kappa shape index (κ2) is 5.65. The molecule has 0 aromatic heterocycles. The van der Waals surface area contributed by atoms with E-state index in [2.05, 4.69) is 0 Å². The zero-order valence-corrected chi connectivity index (χ0v) is 12.9. The third kappa shape index (κ3) is 3.11. The molecule has 7 heteroatoms. The number of rotatable bonds is 2. The van der Waals surface area contributed by atoms with Crippen molar-refractivity contribution in [2.24, 2.45) is 0 Å². The summed E-state index contributed by atoms with van der Waals surface area (Å²) < 4.78 is 64.9. The second-order valence-electron chi connectivity index (χ2n) is 5.38. The van der Waals surface area contributed by atoms with E-state index in [4.69, 9.17) is 0 Å². The van der Waals surface area contributed by atoms with Crippen molar-refractivity contribution in [2.75, 3.05) is 6.54 Å². The van der Waals surface area contributed by atoms with Crippen LogP contribution in [0.15, 0.2) is 53.4 Å². The molecular weight excluding hydrogens is 327 g/mol. The molecule has 0 fully saturated rings. The molecule has 3 nitrogen and oxygen atoms in total. The van der Waals surface area contributed by atoms with Crippen LogP contribution in [0.3, 0.4) is 0 Å². The highest BCUT2D eigenvalue weighted by molar-refractivity contribution is 7.89. The molecular formula is C16H14F3NO2S. The summed E-state index contributed by atoms with van der Waals surface area (Å²) >= 11 is 0. The Morgan fingerprint density at radius 1 is 0.957 bits per heavy atom. The number of sulfonamides is 1. The minimum Gasteiger partial charge on any atom is -0.207 e. The first-order chi connectivity index (χ1) is 10.8. The van der Waals surface area contributed by atoms with Crippen LogP contribution in [0.1, 0.15) is 16.7 Å². The third-order valence-corrected chi connectivity index (χ3v) is 5.74. The molecule has 0 saturated carbocycles. The molecule has 0 aliphatic carbocycles. The molecule has 0 atom stereocenters. The molecule has 0 radical (unpaired) electrons. The van der Waals surface area contributed by atoms with Crippen molar-refractivity contribution in [3.8, 4) is 0 Å². The van der Waals surface area contributed by atoms with Crippen LogP contribution in [-0.4, -0.2) is 19.3 Å². The quantitative estimate of drug-likeness (QED) is 0.839. The zero-order chi connectivity index (χ0) is 16.7. The highest BCUT2D eigenvalue weighted by Crippen LogP contribution is 2.32. The first-order valence-corrected chi connectivity index (χ1v) is 8.47. The highest BCUT2D eigenvalue weighted by Gasteiger charge is 2.33.